The molecule has 0 aromatic heterocycles. The molecular weight excluding hydrogens is 267 g/mol. The fourth-order valence-corrected chi connectivity index (χ4v) is 1.29. The molecule has 1 aromatic carbocycles. The Kier molecular flexibility index (Phi) is 7.56. The monoisotopic (exact) mass is 274 g/mol. The first-order valence-corrected chi connectivity index (χ1v) is 6.12. The molecule has 0 saturated carbocycles. The topological polar surface area (TPSA) is 0 Å². The largest absolute Gasteiger partial charge is 0.194 e. The first-order chi connectivity index (χ1) is 6.08. The summed E-state index contributed by atoms with van der Waals surface area (Å²) in [4.78, 5) is 0. The van der Waals surface area contributed by atoms with E-state index in [2.05, 4.69) is 23.3 Å². The summed E-state index contributed by atoms with van der Waals surface area (Å²) >= 11 is 23.2. The van der Waals surface area contributed by atoms with Crippen molar-refractivity contribution in [1.29, 1.82) is 0 Å². The van der Waals surface area contributed by atoms with E-state index in [1.807, 2.05) is 30.3 Å². The maximum atomic E-state index is 5.60. The summed E-state index contributed by atoms with van der Waals surface area (Å²) < 4.78 is -1.18. The van der Waals surface area contributed by atoms with Crippen LogP contribution in [0.15, 0.2) is 30.3 Å². The van der Waals surface area contributed by atoms with Crippen LogP contribution in [0, 0.1) is 0 Å². The molecule has 13 heavy (non-hydrogen) atoms. The average Bonchev–Trinajstić information content (AvgIpc) is 2.07. The van der Waals surface area contributed by atoms with E-state index in [9.17, 15) is 0 Å². The molecule has 0 N–H and O–H groups in total. The fraction of sp³-hybridized carbons (Fsp3) is 0.250. The highest BCUT2D eigenvalue weighted by molar-refractivity contribution is 8.59. The zero-order chi connectivity index (χ0) is 10.3. The standard InChI is InChI=1S/C8H7Cl3.H2S2/c9-8(10,11)6-7-4-2-1-3-5-7;1-2/h1-5H,6H2;1-2H. The summed E-state index contributed by atoms with van der Waals surface area (Å²) in [5, 5.41) is 0. The maximum Gasteiger partial charge on any atom is 0.194 e. The third-order valence-corrected chi connectivity index (χ3v) is 1.65. The van der Waals surface area contributed by atoms with Gasteiger partial charge in [0.1, 0.15) is 0 Å². The molecule has 1 aromatic rings. The van der Waals surface area contributed by atoms with Crippen molar-refractivity contribution in [3.05, 3.63) is 35.9 Å². The number of benzene rings is 1. The summed E-state index contributed by atoms with van der Waals surface area (Å²) in [5.74, 6) is 0. The smallest absolute Gasteiger partial charge is 0.115 e. The van der Waals surface area contributed by atoms with Gasteiger partial charge in [-0.05, 0) is 5.56 Å². The van der Waals surface area contributed by atoms with Gasteiger partial charge in [-0.15, -0.1) is 23.3 Å². The quantitative estimate of drug-likeness (QED) is 0.425. The molecule has 5 heteroatoms. The van der Waals surface area contributed by atoms with Gasteiger partial charge in [-0.3, -0.25) is 0 Å². The Hall–Kier alpha value is 0.790. The van der Waals surface area contributed by atoms with Crippen LogP contribution in [0.1, 0.15) is 5.56 Å². The lowest BCUT2D eigenvalue weighted by atomic mass is 10.2. The highest BCUT2D eigenvalue weighted by Crippen LogP contribution is 2.29. The van der Waals surface area contributed by atoms with E-state index in [0.717, 1.165) is 5.56 Å². The van der Waals surface area contributed by atoms with E-state index >= 15 is 0 Å². The third kappa shape index (κ3) is 7.83. The van der Waals surface area contributed by atoms with Crippen LogP contribution in [-0.4, -0.2) is 3.79 Å². The van der Waals surface area contributed by atoms with Crippen molar-refractivity contribution >= 4 is 58.1 Å². The molecule has 0 bridgehead atoms. The van der Waals surface area contributed by atoms with Crippen molar-refractivity contribution in [3.63, 3.8) is 0 Å². The molecule has 0 amide bonds. The Bertz CT molecular complexity index is 221. The lowest BCUT2D eigenvalue weighted by Crippen LogP contribution is -2.06. The first-order valence-electron chi connectivity index (χ1n) is 3.38. The Morgan fingerprint density at radius 3 is 1.85 bits per heavy atom. The molecule has 0 unspecified atom stereocenters. The van der Waals surface area contributed by atoms with Crippen LogP contribution in [0.3, 0.4) is 0 Å². The van der Waals surface area contributed by atoms with E-state index in [-0.39, 0.29) is 0 Å². The van der Waals surface area contributed by atoms with Crippen LogP contribution in [0.2, 0.25) is 0 Å². The van der Waals surface area contributed by atoms with E-state index < -0.39 is 3.79 Å². The molecule has 0 radical (unpaired) electrons. The highest BCUT2D eigenvalue weighted by atomic mass is 35.6. The van der Waals surface area contributed by atoms with Crippen LogP contribution in [0.5, 0.6) is 0 Å². The lowest BCUT2D eigenvalue weighted by Gasteiger charge is -2.09. The van der Waals surface area contributed by atoms with Crippen molar-refractivity contribution in [2.45, 2.75) is 10.2 Å². The molecular formula is C8H9Cl3S2. The third-order valence-electron chi connectivity index (χ3n) is 1.25. The van der Waals surface area contributed by atoms with Crippen molar-refractivity contribution in [1.82, 2.24) is 0 Å². The van der Waals surface area contributed by atoms with Gasteiger partial charge in [0.25, 0.3) is 0 Å². The van der Waals surface area contributed by atoms with Gasteiger partial charge in [0.2, 0.25) is 0 Å². The van der Waals surface area contributed by atoms with Gasteiger partial charge in [0, 0.05) is 6.42 Å². The maximum absolute atomic E-state index is 5.60. The number of halogens is 3. The van der Waals surface area contributed by atoms with Crippen molar-refractivity contribution in [2.24, 2.45) is 0 Å². The zero-order valence-electron chi connectivity index (χ0n) is 6.62. The van der Waals surface area contributed by atoms with Crippen molar-refractivity contribution in [2.75, 3.05) is 0 Å². The number of hydrogen-bond donors (Lipinski definition) is 2. The predicted molar refractivity (Wildman–Crippen MR) is 68.4 cm³/mol. The molecule has 0 nitrogen and oxygen atoms in total. The molecule has 0 atom stereocenters. The first kappa shape index (κ1) is 13.8. The van der Waals surface area contributed by atoms with Crippen LogP contribution in [0.4, 0.5) is 0 Å². The van der Waals surface area contributed by atoms with E-state index in [1.54, 1.807) is 0 Å². The zero-order valence-corrected chi connectivity index (χ0v) is 10.7. The van der Waals surface area contributed by atoms with E-state index in [0.29, 0.717) is 6.42 Å². The second-order valence-electron chi connectivity index (χ2n) is 2.28. The minimum Gasteiger partial charge on any atom is -0.115 e. The molecule has 0 spiro atoms. The Labute approximate surface area is 104 Å². The summed E-state index contributed by atoms with van der Waals surface area (Å²) in [6.45, 7) is 0. The number of hydrogen-bond acceptors (Lipinski definition) is 2. The van der Waals surface area contributed by atoms with Gasteiger partial charge in [-0.25, -0.2) is 0 Å². The van der Waals surface area contributed by atoms with Crippen LogP contribution in [0.25, 0.3) is 0 Å². The minimum absolute atomic E-state index is 0.457. The van der Waals surface area contributed by atoms with E-state index in [4.69, 9.17) is 34.8 Å². The summed E-state index contributed by atoms with van der Waals surface area (Å²) in [5.41, 5.74) is 1.03. The number of rotatable bonds is 1. The van der Waals surface area contributed by atoms with Gasteiger partial charge >= 0.3 is 0 Å². The van der Waals surface area contributed by atoms with Gasteiger partial charge in [0.15, 0.2) is 3.79 Å². The average molecular weight is 276 g/mol. The molecule has 0 aliphatic heterocycles. The lowest BCUT2D eigenvalue weighted by molar-refractivity contribution is 1.02. The molecule has 0 saturated heterocycles. The van der Waals surface area contributed by atoms with Gasteiger partial charge < -0.3 is 0 Å². The second kappa shape index (κ2) is 7.13. The Morgan fingerprint density at radius 2 is 1.46 bits per heavy atom. The predicted octanol–water partition coefficient (Wildman–Crippen LogP) is 4.36. The molecule has 0 aliphatic carbocycles. The molecule has 1 rings (SSSR count). The summed E-state index contributed by atoms with van der Waals surface area (Å²) in [7, 11) is 0. The van der Waals surface area contributed by atoms with Gasteiger partial charge in [0.05, 0.1) is 0 Å². The minimum atomic E-state index is -1.18. The molecule has 0 fully saturated rings. The van der Waals surface area contributed by atoms with Gasteiger partial charge in [-0.1, -0.05) is 65.1 Å². The molecule has 0 aliphatic rings. The second-order valence-corrected chi connectivity index (χ2v) is 4.79. The number of thiol groups is 2. The SMILES string of the molecule is ClC(Cl)(Cl)Cc1ccccc1.SS. The Morgan fingerprint density at radius 1 is 1.00 bits per heavy atom. The van der Waals surface area contributed by atoms with Crippen LogP contribution < -0.4 is 0 Å². The van der Waals surface area contributed by atoms with Crippen molar-refractivity contribution in [3.8, 4) is 0 Å². The van der Waals surface area contributed by atoms with Crippen LogP contribution >= 0.6 is 58.1 Å². The molecule has 0 heterocycles. The molecule has 74 valence electrons. The van der Waals surface area contributed by atoms with Crippen molar-refractivity contribution < 1.29 is 0 Å². The summed E-state index contributed by atoms with van der Waals surface area (Å²) in [6.07, 6.45) is 0.457. The summed E-state index contributed by atoms with van der Waals surface area (Å²) in [6, 6.07) is 9.64. The van der Waals surface area contributed by atoms with Crippen LogP contribution in [-0.2, 0) is 6.42 Å². The Balaban J connectivity index is 0.000000671. The number of alkyl halides is 3. The van der Waals surface area contributed by atoms with E-state index in [1.165, 1.54) is 0 Å². The van der Waals surface area contributed by atoms with Gasteiger partial charge in [-0.2, -0.15) is 0 Å². The highest BCUT2D eigenvalue weighted by Gasteiger charge is 2.19. The fourth-order valence-electron chi connectivity index (χ4n) is 0.827. The normalized spacial score (nSPS) is 10.2.